The van der Waals surface area contributed by atoms with Crippen LogP contribution in [-0.4, -0.2) is 16.0 Å². The fourth-order valence-electron chi connectivity index (χ4n) is 3.08. The van der Waals surface area contributed by atoms with E-state index in [1.165, 1.54) is 0 Å². The molecule has 6 nitrogen and oxygen atoms in total. The monoisotopic (exact) mass is 399 g/mol. The maximum Gasteiger partial charge on any atom is 0.264 e. The number of nitrogens with one attached hydrogen (secondary N) is 1. The van der Waals surface area contributed by atoms with Gasteiger partial charge in [0.1, 0.15) is 5.75 Å². The molecule has 0 atom stereocenters. The van der Waals surface area contributed by atoms with Crippen LogP contribution in [0.4, 0.5) is 5.69 Å². The summed E-state index contributed by atoms with van der Waals surface area (Å²) in [6, 6.07) is 24.4. The summed E-state index contributed by atoms with van der Waals surface area (Å²) in [5.74, 6) is 1.04. The van der Waals surface area contributed by atoms with Crippen LogP contribution in [0.25, 0.3) is 11.4 Å². The standard InChI is InChI=1S/C24H21N3O3/c1-2-17-10-6-8-14-20(17)25-24(28)19-13-7-9-15-21(19)29-16-22-26-23(27-30-22)18-11-4-3-5-12-18/h3-15H,2,16H2,1H3,(H,25,28). The number of rotatable bonds is 7. The number of carbonyl (C=O) groups excluding carboxylic acids is 1. The number of aryl methyl sites for hydroxylation is 1. The average molecular weight is 399 g/mol. The van der Waals surface area contributed by atoms with Crippen LogP contribution in [-0.2, 0) is 13.0 Å². The molecule has 0 bridgehead atoms. The van der Waals surface area contributed by atoms with Crippen molar-refractivity contribution in [1.82, 2.24) is 10.1 Å². The Labute approximate surface area is 174 Å². The lowest BCUT2D eigenvalue weighted by molar-refractivity contribution is 0.102. The maximum atomic E-state index is 12.9. The third-order valence-corrected chi connectivity index (χ3v) is 4.63. The van der Waals surface area contributed by atoms with E-state index in [1.54, 1.807) is 18.2 Å². The normalized spacial score (nSPS) is 10.6. The molecule has 0 fully saturated rings. The van der Waals surface area contributed by atoms with Gasteiger partial charge in [-0.3, -0.25) is 4.79 Å². The molecule has 150 valence electrons. The van der Waals surface area contributed by atoms with Crippen molar-refractivity contribution < 1.29 is 14.1 Å². The molecule has 0 saturated carbocycles. The molecule has 4 rings (SSSR count). The molecule has 0 radical (unpaired) electrons. The van der Waals surface area contributed by atoms with Gasteiger partial charge in [0.15, 0.2) is 6.61 Å². The van der Waals surface area contributed by atoms with Gasteiger partial charge in [-0.25, -0.2) is 0 Å². The second-order valence-electron chi connectivity index (χ2n) is 6.63. The summed E-state index contributed by atoms with van der Waals surface area (Å²) < 4.78 is 11.1. The van der Waals surface area contributed by atoms with Gasteiger partial charge in [0.25, 0.3) is 11.8 Å². The summed E-state index contributed by atoms with van der Waals surface area (Å²) in [5, 5.41) is 6.96. The number of nitrogens with zero attached hydrogens (tertiary/aromatic N) is 2. The summed E-state index contributed by atoms with van der Waals surface area (Å²) in [5.41, 5.74) is 3.17. The fourth-order valence-corrected chi connectivity index (χ4v) is 3.08. The highest BCUT2D eigenvalue weighted by molar-refractivity contribution is 6.06. The molecule has 6 heteroatoms. The molecule has 0 saturated heterocycles. The molecule has 1 N–H and O–H groups in total. The summed E-state index contributed by atoms with van der Waals surface area (Å²) in [6.07, 6.45) is 0.829. The van der Waals surface area contributed by atoms with Gasteiger partial charge < -0.3 is 14.6 Å². The molecule has 0 aliphatic rings. The first-order chi connectivity index (χ1) is 14.7. The minimum absolute atomic E-state index is 0.0652. The second-order valence-corrected chi connectivity index (χ2v) is 6.63. The van der Waals surface area contributed by atoms with Gasteiger partial charge >= 0.3 is 0 Å². The zero-order valence-corrected chi connectivity index (χ0v) is 16.5. The minimum atomic E-state index is -0.234. The van der Waals surface area contributed by atoms with Crippen molar-refractivity contribution in [3.8, 4) is 17.1 Å². The van der Waals surface area contributed by atoms with E-state index in [9.17, 15) is 4.79 Å². The van der Waals surface area contributed by atoms with E-state index in [2.05, 4.69) is 22.4 Å². The predicted molar refractivity (Wildman–Crippen MR) is 114 cm³/mol. The van der Waals surface area contributed by atoms with Crippen molar-refractivity contribution in [2.24, 2.45) is 0 Å². The van der Waals surface area contributed by atoms with Crippen LogP contribution < -0.4 is 10.1 Å². The summed E-state index contributed by atoms with van der Waals surface area (Å²) in [6.45, 7) is 2.12. The number of amides is 1. The van der Waals surface area contributed by atoms with E-state index >= 15 is 0 Å². The van der Waals surface area contributed by atoms with Gasteiger partial charge in [-0.05, 0) is 30.2 Å². The number of hydrogen-bond donors (Lipinski definition) is 1. The number of carbonyl (C=O) groups is 1. The lowest BCUT2D eigenvalue weighted by Crippen LogP contribution is -2.14. The third kappa shape index (κ3) is 4.38. The summed E-state index contributed by atoms with van der Waals surface area (Å²) in [7, 11) is 0. The zero-order chi connectivity index (χ0) is 20.8. The minimum Gasteiger partial charge on any atom is -0.483 e. The molecule has 0 aliphatic heterocycles. The Balaban J connectivity index is 1.47. The van der Waals surface area contributed by atoms with Crippen molar-refractivity contribution in [3.63, 3.8) is 0 Å². The SMILES string of the molecule is CCc1ccccc1NC(=O)c1ccccc1OCc1nc(-c2ccccc2)no1. The predicted octanol–water partition coefficient (Wildman–Crippen LogP) is 5.13. The first-order valence-electron chi connectivity index (χ1n) is 9.73. The average Bonchev–Trinajstić information content (AvgIpc) is 3.28. The van der Waals surface area contributed by atoms with Gasteiger partial charge in [0, 0.05) is 11.3 Å². The van der Waals surface area contributed by atoms with Gasteiger partial charge in [-0.1, -0.05) is 72.7 Å². The first-order valence-corrected chi connectivity index (χ1v) is 9.73. The van der Waals surface area contributed by atoms with Gasteiger partial charge in [0.2, 0.25) is 5.82 Å². The van der Waals surface area contributed by atoms with Gasteiger partial charge in [-0.2, -0.15) is 4.98 Å². The van der Waals surface area contributed by atoms with Crippen molar-refractivity contribution in [2.75, 3.05) is 5.32 Å². The summed E-state index contributed by atoms with van der Waals surface area (Å²) >= 11 is 0. The van der Waals surface area contributed by atoms with Crippen molar-refractivity contribution in [1.29, 1.82) is 0 Å². The van der Waals surface area contributed by atoms with Crippen molar-refractivity contribution in [2.45, 2.75) is 20.0 Å². The van der Waals surface area contributed by atoms with E-state index in [4.69, 9.17) is 9.26 Å². The van der Waals surface area contributed by atoms with Crippen LogP contribution in [0.3, 0.4) is 0 Å². The molecular weight excluding hydrogens is 378 g/mol. The Hall–Kier alpha value is -3.93. The van der Waals surface area contributed by atoms with Crippen LogP contribution >= 0.6 is 0 Å². The Kier molecular flexibility index (Phi) is 5.85. The molecule has 4 aromatic rings. The highest BCUT2D eigenvalue weighted by Crippen LogP contribution is 2.23. The first kappa shape index (κ1) is 19.4. The van der Waals surface area contributed by atoms with E-state index < -0.39 is 0 Å². The van der Waals surface area contributed by atoms with E-state index in [0.717, 1.165) is 23.2 Å². The van der Waals surface area contributed by atoms with Crippen LogP contribution in [0.1, 0.15) is 28.7 Å². The third-order valence-electron chi connectivity index (χ3n) is 4.63. The van der Waals surface area contributed by atoms with Crippen LogP contribution in [0.15, 0.2) is 83.4 Å². The Morgan fingerprint density at radius 3 is 2.53 bits per heavy atom. The van der Waals surface area contributed by atoms with E-state index in [0.29, 0.717) is 23.0 Å². The van der Waals surface area contributed by atoms with Crippen LogP contribution in [0.5, 0.6) is 5.75 Å². The molecule has 0 unspecified atom stereocenters. The van der Waals surface area contributed by atoms with Gasteiger partial charge in [0.05, 0.1) is 5.56 Å². The molecule has 0 aliphatic carbocycles. The largest absolute Gasteiger partial charge is 0.483 e. The smallest absolute Gasteiger partial charge is 0.264 e. The molecular formula is C24H21N3O3. The molecule has 1 aromatic heterocycles. The zero-order valence-electron chi connectivity index (χ0n) is 16.5. The number of para-hydroxylation sites is 2. The fraction of sp³-hybridized carbons (Fsp3) is 0.125. The topological polar surface area (TPSA) is 77.2 Å². The molecule has 30 heavy (non-hydrogen) atoms. The lowest BCUT2D eigenvalue weighted by atomic mass is 10.1. The Bertz CT molecular complexity index is 1140. The highest BCUT2D eigenvalue weighted by atomic mass is 16.5. The molecule has 1 amide bonds. The molecule has 1 heterocycles. The number of ether oxygens (including phenoxy) is 1. The maximum absolute atomic E-state index is 12.9. The Morgan fingerprint density at radius 2 is 1.70 bits per heavy atom. The lowest BCUT2D eigenvalue weighted by Gasteiger charge is -2.12. The van der Waals surface area contributed by atoms with Crippen LogP contribution in [0, 0.1) is 0 Å². The molecule has 0 spiro atoms. The number of aromatic nitrogens is 2. The van der Waals surface area contributed by atoms with Crippen molar-refractivity contribution in [3.05, 3.63) is 95.9 Å². The Morgan fingerprint density at radius 1 is 0.967 bits per heavy atom. The van der Waals surface area contributed by atoms with E-state index in [-0.39, 0.29) is 12.5 Å². The number of hydrogen-bond acceptors (Lipinski definition) is 5. The quantitative estimate of drug-likeness (QED) is 0.466. The number of anilines is 1. The van der Waals surface area contributed by atoms with Crippen molar-refractivity contribution >= 4 is 11.6 Å². The summed E-state index contributed by atoms with van der Waals surface area (Å²) in [4.78, 5) is 17.2. The molecule has 3 aromatic carbocycles. The number of benzene rings is 3. The highest BCUT2D eigenvalue weighted by Gasteiger charge is 2.15. The second kappa shape index (κ2) is 9.05. The van der Waals surface area contributed by atoms with E-state index in [1.807, 2.05) is 60.7 Å². The van der Waals surface area contributed by atoms with Crippen LogP contribution in [0.2, 0.25) is 0 Å². The van der Waals surface area contributed by atoms with Gasteiger partial charge in [-0.15, -0.1) is 0 Å².